The lowest BCUT2D eigenvalue weighted by atomic mass is 10.1. The quantitative estimate of drug-likeness (QED) is 0.917. The third kappa shape index (κ3) is 4.33. The fraction of sp³-hybridized carbons (Fsp3) is 0.471. The van der Waals surface area contributed by atoms with Gasteiger partial charge in [-0.05, 0) is 50.6 Å². The molecule has 1 saturated heterocycles. The molecule has 1 N–H and O–H groups in total. The second kappa shape index (κ2) is 8.80. The van der Waals surface area contributed by atoms with E-state index >= 15 is 0 Å². The van der Waals surface area contributed by atoms with Crippen molar-refractivity contribution in [1.29, 1.82) is 0 Å². The Labute approximate surface area is 148 Å². The maximum absolute atomic E-state index is 13.1. The molecule has 130 valence electrons. The predicted molar refractivity (Wildman–Crippen MR) is 95.1 cm³/mol. The van der Waals surface area contributed by atoms with Crippen molar-refractivity contribution >= 4 is 18.3 Å². The third-order valence-electron chi connectivity index (χ3n) is 4.35. The number of nitrogens with zero attached hydrogens (tertiary/aromatic N) is 4. The number of nitrogens with one attached hydrogen (secondary N) is 1. The van der Waals surface area contributed by atoms with E-state index in [-0.39, 0.29) is 24.4 Å². The number of hydrogen-bond donors (Lipinski definition) is 1. The standard InChI is InChI=1S/C17H23N5O.ClH/c1-21-16(8-12-20-21)17(23)22(13-14-5-2-3-10-19-14)15-6-4-9-18-11-7-15;/h2-3,5,8,10,12,15,18H,4,6-7,9,11,13H2,1H3;1H. The number of halogens is 1. The molecule has 2 aromatic heterocycles. The highest BCUT2D eigenvalue weighted by Gasteiger charge is 2.27. The summed E-state index contributed by atoms with van der Waals surface area (Å²) in [5.74, 6) is 0.0301. The molecule has 0 bridgehead atoms. The van der Waals surface area contributed by atoms with Crippen molar-refractivity contribution in [2.45, 2.75) is 31.8 Å². The van der Waals surface area contributed by atoms with Gasteiger partial charge in [-0.15, -0.1) is 12.4 Å². The number of pyridine rings is 1. The van der Waals surface area contributed by atoms with Crippen LogP contribution < -0.4 is 5.32 Å². The van der Waals surface area contributed by atoms with Gasteiger partial charge < -0.3 is 10.2 Å². The number of aromatic nitrogens is 3. The van der Waals surface area contributed by atoms with Gasteiger partial charge in [0.2, 0.25) is 0 Å². The molecular formula is C17H24ClN5O. The van der Waals surface area contributed by atoms with Gasteiger partial charge in [0.05, 0.1) is 12.2 Å². The average Bonchev–Trinajstić information content (AvgIpc) is 2.84. The zero-order chi connectivity index (χ0) is 16.1. The van der Waals surface area contributed by atoms with Crippen LogP contribution in [0.25, 0.3) is 0 Å². The Morgan fingerprint density at radius 2 is 2.17 bits per heavy atom. The SMILES string of the molecule is Cl.Cn1nccc1C(=O)N(Cc1ccccn1)C1CCCNCC1. The van der Waals surface area contributed by atoms with Crippen molar-refractivity contribution in [1.82, 2.24) is 25.0 Å². The smallest absolute Gasteiger partial charge is 0.272 e. The van der Waals surface area contributed by atoms with Gasteiger partial charge in [0.1, 0.15) is 5.69 Å². The maximum Gasteiger partial charge on any atom is 0.272 e. The molecule has 1 atom stereocenters. The first kappa shape index (κ1) is 18.4. The van der Waals surface area contributed by atoms with Gasteiger partial charge in [-0.25, -0.2) is 0 Å². The van der Waals surface area contributed by atoms with Crippen LogP contribution >= 0.6 is 12.4 Å². The van der Waals surface area contributed by atoms with E-state index in [0.29, 0.717) is 12.2 Å². The second-order valence-corrected chi connectivity index (χ2v) is 5.93. The summed E-state index contributed by atoms with van der Waals surface area (Å²) in [5.41, 5.74) is 1.54. The number of aryl methyl sites for hydroxylation is 1. The molecular weight excluding hydrogens is 326 g/mol. The van der Waals surface area contributed by atoms with E-state index in [1.54, 1.807) is 30.2 Å². The van der Waals surface area contributed by atoms with E-state index in [4.69, 9.17) is 0 Å². The number of carbonyl (C=O) groups excluding carboxylic acids is 1. The molecule has 0 aromatic carbocycles. The monoisotopic (exact) mass is 349 g/mol. The molecule has 1 aliphatic rings. The Morgan fingerprint density at radius 3 is 2.88 bits per heavy atom. The molecule has 24 heavy (non-hydrogen) atoms. The molecule has 3 heterocycles. The van der Waals surface area contributed by atoms with E-state index in [1.165, 1.54) is 0 Å². The van der Waals surface area contributed by atoms with Crippen molar-refractivity contribution < 1.29 is 4.79 Å². The first-order chi connectivity index (χ1) is 11.3. The first-order valence-electron chi connectivity index (χ1n) is 8.15. The van der Waals surface area contributed by atoms with Crippen molar-refractivity contribution in [3.8, 4) is 0 Å². The lowest BCUT2D eigenvalue weighted by Crippen LogP contribution is -2.41. The van der Waals surface area contributed by atoms with E-state index < -0.39 is 0 Å². The minimum Gasteiger partial charge on any atom is -0.328 e. The van der Waals surface area contributed by atoms with Crippen LogP contribution in [-0.4, -0.2) is 44.7 Å². The summed E-state index contributed by atoms with van der Waals surface area (Å²) in [6.07, 6.45) is 6.51. The van der Waals surface area contributed by atoms with Gasteiger partial charge in [-0.3, -0.25) is 14.5 Å². The zero-order valence-corrected chi connectivity index (χ0v) is 14.7. The molecule has 1 aliphatic heterocycles. The molecule has 0 spiro atoms. The Morgan fingerprint density at radius 1 is 1.29 bits per heavy atom. The van der Waals surface area contributed by atoms with Crippen LogP contribution in [-0.2, 0) is 13.6 Å². The summed E-state index contributed by atoms with van der Waals surface area (Å²) in [6.45, 7) is 2.51. The van der Waals surface area contributed by atoms with E-state index in [9.17, 15) is 4.79 Å². The molecule has 7 heteroatoms. The number of carbonyl (C=O) groups is 1. The summed E-state index contributed by atoms with van der Waals surface area (Å²) in [7, 11) is 1.81. The normalized spacial score (nSPS) is 17.6. The minimum atomic E-state index is 0. The highest BCUT2D eigenvalue weighted by Crippen LogP contribution is 2.19. The van der Waals surface area contributed by atoms with Crippen molar-refractivity contribution in [3.63, 3.8) is 0 Å². The Hall–Kier alpha value is -1.92. The van der Waals surface area contributed by atoms with Crippen LogP contribution in [0.5, 0.6) is 0 Å². The molecule has 1 amide bonds. The number of rotatable bonds is 4. The fourth-order valence-electron chi connectivity index (χ4n) is 3.08. The van der Waals surface area contributed by atoms with Crippen LogP contribution in [0.15, 0.2) is 36.7 Å². The van der Waals surface area contributed by atoms with Gasteiger partial charge in [0.15, 0.2) is 0 Å². The van der Waals surface area contributed by atoms with Gasteiger partial charge >= 0.3 is 0 Å². The first-order valence-corrected chi connectivity index (χ1v) is 8.15. The summed E-state index contributed by atoms with van der Waals surface area (Å²) < 4.78 is 1.64. The van der Waals surface area contributed by atoms with Crippen LogP contribution in [0.4, 0.5) is 0 Å². The largest absolute Gasteiger partial charge is 0.328 e. The number of hydrogen-bond acceptors (Lipinski definition) is 4. The lowest BCUT2D eigenvalue weighted by Gasteiger charge is -2.31. The van der Waals surface area contributed by atoms with E-state index in [0.717, 1.165) is 38.0 Å². The summed E-state index contributed by atoms with van der Waals surface area (Å²) in [6, 6.07) is 7.84. The highest BCUT2D eigenvalue weighted by atomic mass is 35.5. The topological polar surface area (TPSA) is 63.1 Å². The van der Waals surface area contributed by atoms with Gasteiger partial charge in [-0.2, -0.15) is 5.10 Å². The molecule has 1 unspecified atom stereocenters. The van der Waals surface area contributed by atoms with Gasteiger partial charge in [0, 0.05) is 25.5 Å². The van der Waals surface area contributed by atoms with Crippen LogP contribution in [0, 0.1) is 0 Å². The van der Waals surface area contributed by atoms with Gasteiger partial charge in [-0.1, -0.05) is 6.07 Å². The van der Waals surface area contributed by atoms with Crippen molar-refractivity contribution in [2.75, 3.05) is 13.1 Å². The summed E-state index contributed by atoms with van der Waals surface area (Å²) in [4.78, 5) is 19.4. The van der Waals surface area contributed by atoms with Crippen molar-refractivity contribution in [3.05, 3.63) is 48.0 Å². The lowest BCUT2D eigenvalue weighted by molar-refractivity contribution is 0.0631. The molecule has 6 nitrogen and oxygen atoms in total. The molecule has 0 aliphatic carbocycles. The Kier molecular flexibility index (Phi) is 6.75. The van der Waals surface area contributed by atoms with Gasteiger partial charge in [0.25, 0.3) is 5.91 Å². The van der Waals surface area contributed by atoms with E-state index in [2.05, 4.69) is 15.4 Å². The molecule has 0 radical (unpaired) electrons. The van der Waals surface area contributed by atoms with Crippen molar-refractivity contribution in [2.24, 2.45) is 7.05 Å². The van der Waals surface area contributed by atoms with Crippen LogP contribution in [0.1, 0.15) is 35.4 Å². The zero-order valence-electron chi connectivity index (χ0n) is 13.9. The third-order valence-corrected chi connectivity index (χ3v) is 4.35. The second-order valence-electron chi connectivity index (χ2n) is 5.93. The molecule has 3 rings (SSSR count). The Balaban J connectivity index is 0.00000208. The average molecular weight is 350 g/mol. The van der Waals surface area contributed by atoms with Crippen LogP contribution in [0.3, 0.4) is 0 Å². The molecule has 1 fully saturated rings. The number of amides is 1. The van der Waals surface area contributed by atoms with Crippen LogP contribution in [0.2, 0.25) is 0 Å². The highest BCUT2D eigenvalue weighted by molar-refractivity contribution is 5.92. The Bertz CT molecular complexity index is 637. The minimum absolute atomic E-state index is 0. The fourth-order valence-corrected chi connectivity index (χ4v) is 3.08. The molecule has 2 aromatic rings. The summed E-state index contributed by atoms with van der Waals surface area (Å²) >= 11 is 0. The molecule has 0 saturated carbocycles. The predicted octanol–water partition coefficient (Wildman–Crippen LogP) is 2.02. The van der Waals surface area contributed by atoms with E-state index in [1.807, 2.05) is 23.1 Å². The summed E-state index contributed by atoms with van der Waals surface area (Å²) in [5, 5.41) is 7.54. The maximum atomic E-state index is 13.1.